The van der Waals surface area contributed by atoms with Gasteiger partial charge in [0.05, 0.1) is 30.3 Å². The summed E-state index contributed by atoms with van der Waals surface area (Å²) in [6.45, 7) is 5.80. The normalized spacial score (nSPS) is 19.1. The predicted octanol–water partition coefficient (Wildman–Crippen LogP) is 1.35. The van der Waals surface area contributed by atoms with Crippen LogP contribution in [0.3, 0.4) is 0 Å². The largest absolute Gasteiger partial charge is 0.473 e. The van der Waals surface area contributed by atoms with E-state index in [0.717, 1.165) is 18.8 Å². The molecule has 1 aliphatic heterocycles. The smallest absolute Gasteiger partial charge is 0.273 e. The van der Waals surface area contributed by atoms with Crippen LogP contribution < -0.4 is 10.1 Å². The molecule has 1 aromatic rings. The number of ether oxygens (including phenoxy) is 1. The molecule has 1 N–H and O–H groups in total. The van der Waals surface area contributed by atoms with Crippen LogP contribution in [-0.4, -0.2) is 37.4 Å². The van der Waals surface area contributed by atoms with Crippen LogP contribution in [0.25, 0.3) is 0 Å². The minimum absolute atomic E-state index is 0.181. The Labute approximate surface area is 105 Å². The van der Waals surface area contributed by atoms with Crippen molar-refractivity contribution in [1.29, 1.82) is 0 Å². The maximum Gasteiger partial charge on any atom is 0.273 e. The van der Waals surface area contributed by atoms with E-state index in [-0.39, 0.29) is 6.04 Å². The second-order valence-electron chi connectivity index (χ2n) is 3.77. The van der Waals surface area contributed by atoms with Crippen molar-refractivity contribution >= 4 is 11.3 Å². The van der Waals surface area contributed by atoms with Crippen molar-refractivity contribution in [1.82, 2.24) is 15.4 Å². The molecular formula is C11H17N3O2S. The molecule has 6 heteroatoms. The van der Waals surface area contributed by atoms with E-state index in [0.29, 0.717) is 11.8 Å². The Morgan fingerprint density at radius 3 is 3.24 bits per heavy atom. The molecule has 1 atom stereocenters. The minimum atomic E-state index is 0.181. The molecule has 94 valence electrons. The number of rotatable bonds is 5. The van der Waals surface area contributed by atoms with Crippen molar-refractivity contribution in [3.05, 3.63) is 23.2 Å². The molecule has 0 amide bonds. The fourth-order valence-electron chi connectivity index (χ4n) is 1.79. The van der Waals surface area contributed by atoms with Crippen LogP contribution in [0.1, 0.15) is 16.6 Å². The fraction of sp³-hybridized carbons (Fsp3) is 0.545. The van der Waals surface area contributed by atoms with Gasteiger partial charge in [0.2, 0.25) is 0 Å². The molecule has 0 radical (unpaired) electrons. The highest BCUT2D eigenvalue weighted by atomic mass is 32.1. The van der Waals surface area contributed by atoms with Gasteiger partial charge in [-0.1, -0.05) is 17.4 Å². The quantitative estimate of drug-likeness (QED) is 0.635. The van der Waals surface area contributed by atoms with Crippen LogP contribution in [0.4, 0.5) is 0 Å². The van der Waals surface area contributed by atoms with Crippen molar-refractivity contribution in [3.8, 4) is 5.19 Å². The fourth-order valence-corrected chi connectivity index (χ4v) is 2.82. The maximum absolute atomic E-state index is 5.54. The third-order valence-corrected chi connectivity index (χ3v) is 3.81. The molecule has 0 bridgehead atoms. The lowest BCUT2D eigenvalue weighted by Gasteiger charge is -2.29. The summed E-state index contributed by atoms with van der Waals surface area (Å²) in [6.07, 6.45) is 1.74. The van der Waals surface area contributed by atoms with Crippen LogP contribution in [-0.2, 0) is 11.4 Å². The van der Waals surface area contributed by atoms with E-state index in [2.05, 4.69) is 16.9 Å². The molecule has 1 aliphatic rings. The molecule has 2 rings (SSSR count). The van der Waals surface area contributed by atoms with Crippen molar-refractivity contribution in [3.63, 3.8) is 0 Å². The molecule has 1 aromatic heterocycles. The Kier molecular flexibility index (Phi) is 4.11. The number of fused-ring (bicyclic) bond motifs is 1. The van der Waals surface area contributed by atoms with Gasteiger partial charge in [0.15, 0.2) is 0 Å². The first-order chi connectivity index (χ1) is 8.26. The van der Waals surface area contributed by atoms with Gasteiger partial charge in [0.1, 0.15) is 0 Å². The SMILES string of the molecule is C=CCON(C)C1CNCc2nc(OC)sc21. The van der Waals surface area contributed by atoms with E-state index in [1.807, 2.05) is 12.1 Å². The first kappa shape index (κ1) is 12.5. The van der Waals surface area contributed by atoms with Crippen LogP contribution in [0.5, 0.6) is 5.19 Å². The number of hydroxylamine groups is 2. The van der Waals surface area contributed by atoms with Gasteiger partial charge in [-0.2, -0.15) is 5.06 Å². The van der Waals surface area contributed by atoms with E-state index in [4.69, 9.17) is 9.57 Å². The topological polar surface area (TPSA) is 46.6 Å². The lowest BCUT2D eigenvalue weighted by atomic mass is 10.1. The molecule has 0 spiro atoms. The Hall–Kier alpha value is -0.950. The van der Waals surface area contributed by atoms with Gasteiger partial charge < -0.3 is 10.1 Å². The lowest BCUT2D eigenvalue weighted by molar-refractivity contribution is -0.158. The highest BCUT2D eigenvalue weighted by Crippen LogP contribution is 2.34. The monoisotopic (exact) mass is 255 g/mol. The van der Waals surface area contributed by atoms with Gasteiger partial charge in [-0.15, -0.1) is 6.58 Å². The lowest BCUT2D eigenvalue weighted by Crippen LogP contribution is -2.37. The molecule has 0 aliphatic carbocycles. The molecule has 2 heterocycles. The maximum atomic E-state index is 5.54. The molecule has 0 fully saturated rings. The number of methoxy groups -OCH3 is 1. The first-order valence-corrected chi connectivity index (χ1v) is 6.29. The Bertz CT molecular complexity index is 394. The van der Waals surface area contributed by atoms with Crippen LogP contribution in [0.15, 0.2) is 12.7 Å². The number of thiazole rings is 1. The number of aromatic nitrogens is 1. The summed E-state index contributed by atoms with van der Waals surface area (Å²) in [5, 5.41) is 5.89. The number of hydrogen-bond acceptors (Lipinski definition) is 6. The number of likely N-dealkylation sites (N-methyl/N-ethyl adjacent to an activating group) is 1. The third-order valence-electron chi connectivity index (χ3n) is 2.65. The molecule has 0 aromatic carbocycles. The van der Waals surface area contributed by atoms with Crippen LogP contribution >= 0.6 is 11.3 Å². The van der Waals surface area contributed by atoms with Crippen molar-refractivity contribution in [2.45, 2.75) is 12.6 Å². The summed E-state index contributed by atoms with van der Waals surface area (Å²) in [7, 11) is 3.57. The standard InChI is InChI=1S/C11H17N3O2S/c1-4-5-16-14(2)9-7-12-6-8-10(9)17-11(13-8)15-3/h4,9,12H,1,5-7H2,2-3H3. The second-order valence-corrected chi connectivity index (χ2v) is 4.77. The number of hydrogen-bond donors (Lipinski definition) is 1. The zero-order chi connectivity index (χ0) is 12.3. The molecule has 5 nitrogen and oxygen atoms in total. The molecule has 0 saturated heterocycles. The Morgan fingerprint density at radius 2 is 2.53 bits per heavy atom. The number of nitrogens with one attached hydrogen (secondary N) is 1. The summed E-state index contributed by atoms with van der Waals surface area (Å²) in [6, 6.07) is 0.181. The molecule has 0 saturated carbocycles. The van der Waals surface area contributed by atoms with Crippen molar-refractivity contribution in [2.24, 2.45) is 0 Å². The van der Waals surface area contributed by atoms with Gasteiger partial charge in [0, 0.05) is 20.1 Å². The summed E-state index contributed by atoms with van der Waals surface area (Å²) in [4.78, 5) is 11.2. The molecule has 17 heavy (non-hydrogen) atoms. The van der Waals surface area contributed by atoms with Gasteiger partial charge in [-0.05, 0) is 0 Å². The Morgan fingerprint density at radius 1 is 1.71 bits per heavy atom. The van der Waals surface area contributed by atoms with E-state index >= 15 is 0 Å². The van der Waals surface area contributed by atoms with Gasteiger partial charge in [-0.25, -0.2) is 4.98 Å². The molecular weight excluding hydrogens is 238 g/mol. The average Bonchev–Trinajstić information content (AvgIpc) is 2.78. The van der Waals surface area contributed by atoms with Gasteiger partial charge in [-0.3, -0.25) is 4.84 Å². The van der Waals surface area contributed by atoms with E-state index in [1.54, 1.807) is 24.5 Å². The van der Waals surface area contributed by atoms with Crippen LogP contribution in [0.2, 0.25) is 0 Å². The van der Waals surface area contributed by atoms with Crippen molar-refractivity contribution in [2.75, 3.05) is 27.3 Å². The highest BCUT2D eigenvalue weighted by Gasteiger charge is 2.28. The summed E-state index contributed by atoms with van der Waals surface area (Å²) >= 11 is 1.58. The summed E-state index contributed by atoms with van der Waals surface area (Å²) in [5.74, 6) is 0. The van der Waals surface area contributed by atoms with Crippen LogP contribution in [0, 0.1) is 0 Å². The van der Waals surface area contributed by atoms with Gasteiger partial charge in [0.25, 0.3) is 5.19 Å². The third kappa shape index (κ3) is 2.66. The second kappa shape index (κ2) is 5.59. The highest BCUT2D eigenvalue weighted by molar-refractivity contribution is 7.13. The van der Waals surface area contributed by atoms with Gasteiger partial charge >= 0.3 is 0 Å². The number of nitrogens with zero attached hydrogens (tertiary/aromatic N) is 2. The van der Waals surface area contributed by atoms with E-state index < -0.39 is 0 Å². The zero-order valence-electron chi connectivity index (χ0n) is 10.1. The minimum Gasteiger partial charge on any atom is -0.473 e. The summed E-state index contributed by atoms with van der Waals surface area (Å²) < 4.78 is 5.18. The molecule has 1 unspecified atom stereocenters. The average molecular weight is 255 g/mol. The summed E-state index contributed by atoms with van der Waals surface area (Å²) in [5.41, 5.74) is 1.05. The van der Waals surface area contributed by atoms with E-state index in [1.165, 1.54) is 4.88 Å². The zero-order valence-corrected chi connectivity index (χ0v) is 10.9. The first-order valence-electron chi connectivity index (χ1n) is 5.47. The van der Waals surface area contributed by atoms with E-state index in [9.17, 15) is 0 Å². The Balaban J connectivity index is 2.15. The van der Waals surface area contributed by atoms with Crippen molar-refractivity contribution < 1.29 is 9.57 Å². The predicted molar refractivity (Wildman–Crippen MR) is 67.0 cm³/mol.